The molecule has 1 atom stereocenters. The van der Waals surface area contributed by atoms with Crippen LogP contribution in [0.1, 0.15) is 0 Å². The van der Waals surface area contributed by atoms with Crippen LogP contribution in [0.3, 0.4) is 0 Å². The van der Waals surface area contributed by atoms with Gasteiger partial charge in [0.1, 0.15) is 12.3 Å². The van der Waals surface area contributed by atoms with E-state index in [1.807, 2.05) is 30.3 Å². The van der Waals surface area contributed by atoms with Crippen molar-refractivity contribution in [3.8, 4) is 0 Å². The van der Waals surface area contributed by atoms with E-state index in [1.54, 1.807) is 4.73 Å². The van der Waals surface area contributed by atoms with Gasteiger partial charge in [-0.1, -0.05) is 4.73 Å². The highest BCUT2D eigenvalue weighted by atomic mass is 16.7. The molecule has 2 rings (SSSR count). The Hall–Kier alpha value is -1.03. The third kappa shape index (κ3) is 1.71. The summed E-state index contributed by atoms with van der Waals surface area (Å²) in [6, 6.07) is 0. The van der Waals surface area contributed by atoms with E-state index in [0.29, 0.717) is 12.7 Å². The molecule has 1 fully saturated rings. The quantitative estimate of drug-likeness (QED) is 0.420. The summed E-state index contributed by atoms with van der Waals surface area (Å²) < 4.78 is 8.60. The molecule has 4 heteroatoms. The number of aromatic nitrogens is 2. The molecule has 0 aliphatic carbocycles. The second kappa shape index (κ2) is 2.54. The van der Waals surface area contributed by atoms with Gasteiger partial charge in [-0.2, -0.15) is 0 Å². The number of imidazole rings is 1. The molecule has 0 spiro atoms. The zero-order chi connectivity index (χ0) is 7.68. The summed E-state index contributed by atoms with van der Waals surface area (Å²) in [7, 11) is 1.95. The predicted octanol–water partition coefficient (Wildman–Crippen LogP) is -0.860. The number of hydrogen-bond acceptors (Lipinski definition) is 2. The predicted molar refractivity (Wildman–Crippen MR) is 36.8 cm³/mol. The zero-order valence-electron chi connectivity index (χ0n) is 6.43. The summed E-state index contributed by atoms with van der Waals surface area (Å²) >= 11 is 0. The minimum Gasteiger partial charge on any atom is -0.369 e. The van der Waals surface area contributed by atoms with Crippen LogP contribution in [-0.4, -0.2) is 24.0 Å². The highest BCUT2D eigenvalue weighted by Crippen LogP contribution is 2.06. The molecule has 1 unspecified atom stereocenters. The highest BCUT2D eigenvalue weighted by molar-refractivity contribution is 4.68. The van der Waals surface area contributed by atoms with Crippen LogP contribution in [-0.2, 0) is 11.8 Å². The van der Waals surface area contributed by atoms with Crippen molar-refractivity contribution in [2.24, 2.45) is 7.05 Å². The molecule has 0 aromatic carbocycles. The summed E-state index contributed by atoms with van der Waals surface area (Å²) in [5.41, 5.74) is 0. The Morgan fingerprint density at radius 1 is 1.82 bits per heavy atom. The fourth-order valence-corrected chi connectivity index (χ4v) is 0.837. The van der Waals surface area contributed by atoms with Gasteiger partial charge in [-0.15, -0.1) is 0 Å². The van der Waals surface area contributed by atoms with Crippen molar-refractivity contribution < 1.29 is 14.1 Å². The maximum atomic E-state index is 5.32. The van der Waals surface area contributed by atoms with E-state index in [-0.39, 0.29) is 0 Å². The topological polar surface area (TPSA) is 30.6 Å². The first kappa shape index (κ1) is 6.67. The van der Waals surface area contributed by atoms with Crippen LogP contribution in [0.25, 0.3) is 0 Å². The van der Waals surface area contributed by atoms with E-state index in [1.165, 1.54) is 0 Å². The summed E-state index contributed by atoms with van der Waals surface area (Å²) in [6.45, 7) is 1.49. The Morgan fingerprint density at radius 2 is 2.64 bits per heavy atom. The summed E-state index contributed by atoms with van der Waals surface area (Å²) in [4.78, 5) is 5.32. The van der Waals surface area contributed by atoms with Crippen LogP contribution in [0.15, 0.2) is 18.7 Å². The Kier molecular flexibility index (Phi) is 1.54. The largest absolute Gasteiger partial charge is 0.369 e. The molecule has 1 aromatic heterocycles. The van der Waals surface area contributed by atoms with Gasteiger partial charge in [0, 0.05) is 0 Å². The molecular formula is C7H11N2O2+. The molecule has 11 heavy (non-hydrogen) atoms. The van der Waals surface area contributed by atoms with Crippen molar-refractivity contribution in [1.82, 2.24) is 4.73 Å². The van der Waals surface area contributed by atoms with E-state index < -0.39 is 0 Å². The van der Waals surface area contributed by atoms with Crippen LogP contribution in [0.5, 0.6) is 0 Å². The average Bonchev–Trinajstić information content (AvgIpc) is 2.72. The number of hydrogen-bond donors (Lipinski definition) is 0. The molecular weight excluding hydrogens is 144 g/mol. The molecule has 0 N–H and O–H groups in total. The van der Waals surface area contributed by atoms with Gasteiger partial charge in [0.15, 0.2) is 12.8 Å². The molecule has 0 radical (unpaired) electrons. The Morgan fingerprint density at radius 3 is 3.18 bits per heavy atom. The lowest BCUT2D eigenvalue weighted by atomic mass is 10.5. The molecule has 0 amide bonds. The molecule has 1 saturated heterocycles. The van der Waals surface area contributed by atoms with Crippen molar-refractivity contribution >= 4 is 0 Å². The summed E-state index contributed by atoms with van der Waals surface area (Å²) in [6.07, 6.45) is 5.97. The van der Waals surface area contributed by atoms with Gasteiger partial charge >= 0.3 is 0 Å². The molecule has 0 saturated carbocycles. The number of epoxide rings is 1. The van der Waals surface area contributed by atoms with Crippen LogP contribution in [0.2, 0.25) is 0 Å². The van der Waals surface area contributed by atoms with E-state index in [9.17, 15) is 0 Å². The van der Waals surface area contributed by atoms with E-state index in [0.717, 1.165) is 6.61 Å². The van der Waals surface area contributed by atoms with E-state index in [2.05, 4.69) is 0 Å². The highest BCUT2D eigenvalue weighted by Gasteiger charge is 2.24. The van der Waals surface area contributed by atoms with Gasteiger partial charge in [0.25, 0.3) is 6.33 Å². The SMILES string of the molecule is C[n+]1ccn(OCC2CO2)c1. The summed E-state index contributed by atoms with van der Waals surface area (Å²) in [5, 5.41) is 0. The monoisotopic (exact) mass is 155 g/mol. The van der Waals surface area contributed by atoms with Crippen molar-refractivity contribution in [3.63, 3.8) is 0 Å². The van der Waals surface area contributed by atoms with E-state index >= 15 is 0 Å². The normalized spacial score (nSPS) is 21.7. The molecule has 1 aromatic rings. The second-order valence-electron chi connectivity index (χ2n) is 2.69. The Bertz CT molecular complexity index is 242. The number of aryl methyl sites for hydroxylation is 1. The third-order valence-corrected chi connectivity index (χ3v) is 1.56. The fraction of sp³-hybridized carbons (Fsp3) is 0.571. The number of nitrogens with zero attached hydrogens (tertiary/aromatic N) is 2. The lowest BCUT2D eigenvalue weighted by Crippen LogP contribution is -2.25. The minimum atomic E-state index is 0.322. The molecule has 0 bridgehead atoms. The smallest absolute Gasteiger partial charge is 0.284 e. The molecule has 1 aliphatic heterocycles. The van der Waals surface area contributed by atoms with Gasteiger partial charge < -0.3 is 9.57 Å². The van der Waals surface area contributed by atoms with Gasteiger partial charge in [0.05, 0.1) is 13.7 Å². The lowest BCUT2D eigenvalue weighted by molar-refractivity contribution is -0.672. The molecule has 60 valence electrons. The van der Waals surface area contributed by atoms with E-state index in [4.69, 9.17) is 9.57 Å². The van der Waals surface area contributed by atoms with Crippen LogP contribution in [0.4, 0.5) is 0 Å². The van der Waals surface area contributed by atoms with Crippen molar-refractivity contribution in [2.45, 2.75) is 6.10 Å². The Labute approximate surface area is 64.9 Å². The van der Waals surface area contributed by atoms with Crippen LogP contribution >= 0.6 is 0 Å². The first-order valence-corrected chi connectivity index (χ1v) is 3.63. The maximum absolute atomic E-state index is 5.32. The van der Waals surface area contributed by atoms with Crippen molar-refractivity contribution in [1.29, 1.82) is 0 Å². The fourth-order valence-electron chi connectivity index (χ4n) is 0.837. The molecule has 1 aliphatic rings. The average molecular weight is 155 g/mol. The van der Waals surface area contributed by atoms with Gasteiger partial charge in [-0.25, -0.2) is 4.57 Å². The minimum absolute atomic E-state index is 0.322. The van der Waals surface area contributed by atoms with Crippen molar-refractivity contribution in [3.05, 3.63) is 18.7 Å². The maximum Gasteiger partial charge on any atom is 0.284 e. The first-order chi connectivity index (χ1) is 5.34. The van der Waals surface area contributed by atoms with Gasteiger partial charge in [0.2, 0.25) is 0 Å². The third-order valence-electron chi connectivity index (χ3n) is 1.56. The Balaban J connectivity index is 1.85. The van der Waals surface area contributed by atoms with Crippen LogP contribution in [0, 0.1) is 0 Å². The van der Waals surface area contributed by atoms with Gasteiger partial charge in [-0.05, 0) is 0 Å². The zero-order valence-corrected chi connectivity index (χ0v) is 6.43. The second-order valence-corrected chi connectivity index (χ2v) is 2.69. The summed E-state index contributed by atoms with van der Waals surface area (Å²) in [5.74, 6) is 0. The lowest BCUT2D eigenvalue weighted by Gasteiger charge is -1.93. The van der Waals surface area contributed by atoms with Crippen molar-refractivity contribution in [2.75, 3.05) is 13.2 Å². The number of rotatable bonds is 3. The standard InChI is InChI=1S/C7H11N2O2/c1-8-2-3-9(6-8)11-5-7-4-10-7/h2-3,6-7H,4-5H2,1H3/q+1. The molecule has 4 nitrogen and oxygen atoms in total. The first-order valence-electron chi connectivity index (χ1n) is 3.63. The molecule has 2 heterocycles. The number of ether oxygens (including phenoxy) is 1. The van der Waals surface area contributed by atoms with Gasteiger partial charge in [-0.3, -0.25) is 0 Å². The van der Waals surface area contributed by atoms with Crippen LogP contribution < -0.4 is 9.40 Å².